The van der Waals surface area contributed by atoms with E-state index in [4.69, 9.17) is 25.5 Å². The Morgan fingerprint density at radius 3 is 2.00 bits per heavy atom. The van der Waals surface area contributed by atoms with Crippen LogP contribution in [0.3, 0.4) is 0 Å². The normalized spacial score (nSPS) is 18.4. The molecule has 0 amide bonds. The fourth-order valence-corrected chi connectivity index (χ4v) is 0.602. The molecule has 0 aromatic heterocycles. The molecule has 3 atom stereocenters. The van der Waals surface area contributed by atoms with Crippen molar-refractivity contribution in [2.75, 3.05) is 13.2 Å². The van der Waals surface area contributed by atoms with E-state index in [1.165, 1.54) is 0 Å². The van der Waals surface area contributed by atoms with Gasteiger partial charge in [-0.2, -0.15) is 0 Å². The highest BCUT2D eigenvalue weighted by Gasteiger charge is 2.28. The van der Waals surface area contributed by atoms with E-state index in [-0.39, 0.29) is 0 Å². The van der Waals surface area contributed by atoms with Crippen LogP contribution in [0.25, 0.3) is 0 Å². The van der Waals surface area contributed by atoms with E-state index in [9.17, 15) is 4.79 Å². The van der Waals surface area contributed by atoms with Crippen molar-refractivity contribution < 1.29 is 30.3 Å². The summed E-state index contributed by atoms with van der Waals surface area (Å²) in [6.45, 7) is -1.69. The number of aliphatic hydroxyl groups is 5. The lowest BCUT2D eigenvalue weighted by molar-refractivity contribution is -0.142. The summed E-state index contributed by atoms with van der Waals surface area (Å²) in [6.07, 6.45) is -5.22. The van der Waals surface area contributed by atoms with Gasteiger partial charge < -0.3 is 25.5 Å². The third kappa shape index (κ3) is 2.84. The molecule has 0 saturated carbocycles. The van der Waals surface area contributed by atoms with Crippen molar-refractivity contribution in [1.82, 2.24) is 0 Å². The third-order valence-corrected chi connectivity index (χ3v) is 1.39. The number of aliphatic hydroxyl groups excluding tert-OH is 5. The summed E-state index contributed by atoms with van der Waals surface area (Å²) in [7, 11) is 0. The number of rotatable bonds is 5. The van der Waals surface area contributed by atoms with Crippen LogP contribution in [0.1, 0.15) is 0 Å². The van der Waals surface area contributed by atoms with Gasteiger partial charge in [-0.1, -0.05) is 0 Å². The van der Waals surface area contributed by atoms with Crippen LogP contribution in [-0.2, 0) is 4.79 Å². The second-order valence-corrected chi connectivity index (χ2v) is 2.31. The van der Waals surface area contributed by atoms with Crippen molar-refractivity contribution >= 4 is 5.78 Å². The fraction of sp³-hybridized carbons (Fsp3) is 0.833. The van der Waals surface area contributed by atoms with Crippen molar-refractivity contribution in [2.45, 2.75) is 18.3 Å². The smallest absolute Gasteiger partial charge is 0.189 e. The van der Waals surface area contributed by atoms with Gasteiger partial charge in [0.15, 0.2) is 5.78 Å². The summed E-state index contributed by atoms with van der Waals surface area (Å²) < 4.78 is 0. The van der Waals surface area contributed by atoms with Crippen molar-refractivity contribution in [1.29, 1.82) is 0 Å². The topological polar surface area (TPSA) is 118 Å². The number of hydrogen-bond donors (Lipinski definition) is 5. The largest absolute Gasteiger partial charge is 0.394 e. The Morgan fingerprint density at radius 2 is 1.67 bits per heavy atom. The zero-order chi connectivity index (χ0) is 9.72. The lowest BCUT2D eigenvalue weighted by Crippen LogP contribution is -2.44. The molecule has 0 saturated heterocycles. The molecule has 0 aliphatic rings. The van der Waals surface area contributed by atoms with Gasteiger partial charge in [0.25, 0.3) is 0 Å². The van der Waals surface area contributed by atoms with Crippen LogP contribution < -0.4 is 0 Å². The van der Waals surface area contributed by atoms with Gasteiger partial charge in [0.1, 0.15) is 24.9 Å². The van der Waals surface area contributed by atoms with Crippen LogP contribution in [0.4, 0.5) is 0 Å². The van der Waals surface area contributed by atoms with Crippen molar-refractivity contribution in [2.24, 2.45) is 0 Å². The molecule has 72 valence electrons. The van der Waals surface area contributed by atoms with E-state index in [1.54, 1.807) is 0 Å². The highest BCUT2D eigenvalue weighted by atomic mass is 16.6. The Balaban J connectivity index is 4.08. The standard InChI is InChI=1S/C6H12O6/c7-1-3(9)5(11)6(12)4(10)2-8/h3,5-9,11-12H,1-2H2/t3-,5+,6-/m1/s1/i1+1,2+1,3+1,4+1,5+1,6+1. The molecule has 6 nitrogen and oxygen atoms in total. The van der Waals surface area contributed by atoms with Crippen LogP contribution in [0, 0.1) is 0 Å². The molecular weight excluding hydrogens is 174 g/mol. The molecule has 0 heterocycles. The molecule has 5 N–H and O–H groups in total. The Bertz CT molecular complexity index is 147. The second-order valence-electron chi connectivity index (χ2n) is 2.31. The Kier molecular flexibility index (Phi) is 4.95. The van der Waals surface area contributed by atoms with Gasteiger partial charge in [-0.25, -0.2) is 0 Å². The first kappa shape index (κ1) is 11.5. The number of carbonyl (C=O) groups is 1. The number of carbonyl (C=O) groups excluding carboxylic acids is 1. The maximum atomic E-state index is 10.5. The van der Waals surface area contributed by atoms with E-state index in [1.807, 2.05) is 0 Å². The van der Waals surface area contributed by atoms with E-state index in [0.29, 0.717) is 0 Å². The Morgan fingerprint density at radius 1 is 1.17 bits per heavy atom. The number of Topliss-reactive ketones (excluding diaryl/α,β-unsaturated/α-hetero) is 1. The predicted molar refractivity (Wildman–Crippen MR) is 37.2 cm³/mol. The summed E-state index contributed by atoms with van der Waals surface area (Å²) in [5.74, 6) is -1.00. The first-order valence-corrected chi connectivity index (χ1v) is 3.33. The van der Waals surface area contributed by atoms with Crippen LogP contribution in [0.2, 0.25) is 0 Å². The average molecular weight is 186 g/mol. The minimum atomic E-state index is -1.86. The summed E-state index contributed by atoms with van der Waals surface area (Å²) in [5, 5.41) is 43.1. The van der Waals surface area contributed by atoms with Gasteiger partial charge in [0.2, 0.25) is 0 Å². The van der Waals surface area contributed by atoms with Crippen LogP contribution in [-0.4, -0.2) is 62.8 Å². The third-order valence-electron chi connectivity index (χ3n) is 1.39. The monoisotopic (exact) mass is 186 g/mol. The summed E-state index contributed by atoms with van der Waals surface area (Å²) >= 11 is 0. The summed E-state index contributed by atoms with van der Waals surface area (Å²) in [6, 6.07) is 0. The zero-order valence-electron chi connectivity index (χ0n) is 6.29. The molecule has 0 aliphatic heterocycles. The molecular formula is C6H12O6. The van der Waals surface area contributed by atoms with E-state index in [2.05, 4.69) is 0 Å². The van der Waals surface area contributed by atoms with Crippen molar-refractivity contribution in [3.8, 4) is 0 Å². The minimum absolute atomic E-state index is 0.767. The first-order valence-electron chi connectivity index (χ1n) is 3.33. The molecule has 0 aromatic carbocycles. The second kappa shape index (κ2) is 5.18. The van der Waals surface area contributed by atoms with Gasteiger partial charge >= 0.3 is 0 Å². The van der Waals surface area contributed by atoms with Crippen LogP contribution >= 0.6 is 0 Å². The van der Waals surface area contributed by atoms with Gasteiger partial charge in [-0.3, -0.25) is 4.79 Å². The summed E-state index contributed by atoms with van der Waals surface area (Å²) in [5.41, 5.74) is 0. The summed E-state index contributed by atoms with van der Waals surface area (Å²) in [4.78, 5) is 10.5. The Hall–Kier alpha value is -0.530. The van der Waals surface area contributed by atoms with Gasteiger partial charge in [-0.15, -0.1) is 0 Å². The predicted octanol–water partition coefficient (Wildman–Crippen LogP) is -3.38. The highest BCUT2D eigenvalue weighted by Crippen LogP contribution is 2.00. The molecule has 6 heteroatoms. The van der Waals surface area contributed by atoms with Crippen molar-refractivity contribution in [3.05, 3.63) is 0 Å². The lowest BCUT2D eigenvalue weighted by atomic mass is 11.0. The molecule has 0 rings (SSSR count). The van der Waals surface area contributed by atoms with Gasteiger partial charge in [-0.05, 0) is 0 Å². The Labute approximate surface area is 68.7 Å². The molecule has 0 aromatic rings. The maximum Gasteiger partial charge on any atom is 0.189 e. The molecule has 0 aliphatic carbocycles. The maximum absolute atomic E-state index is 10.5. The molecule has 0 bridgehead atoms. The molecule has 0 fully saturated rings. The number of hydrogen-bond acceptors (Lipinski definition) is 6. The van der Waals surface area contributed by atoms with E-state index in [0.717, 1.165) is 0 Å². The van der Waals surface area contributed by atoms with E-state index < -0.39 is 37.3 Å². The van der Waals surface area contributed by atoms with E-state index >= 15 is 0 Å². The highest BCUT2D eigenvalue weighted by molar-refractivity contribution is 5.84. The lowest BCUT2D eigenvalue weighted by Gasteiger charge is -2.19. The van der Waals surface area contributed by atoms with Crippen molar-refractivity contribution in [3.63, 3.8) is 0 Å². The van der Waals surface area contributed by atoms with Gasteiger partial charge in [0.05, 0.1) is 6.61 Å². The average Bonchev–Trinajstić information content (AvgIpc) is 2.12. The van der Waals surface area contributed by atoms with Gasteiger partial charge in [0, 0.05) is 0 Å². The fourth-order valence-electron chi connectivity index (χ4n) is 0.602. The molecule has 0 spiro atoms. The molecule has 12 heavy (non-hydrogen) atoms. The molecule has 0 radical (unpaired) electrons. The quantitative estimate of drug-likeness (QED) is 0.286. The minimum Gasteiger partial charge on any atom is -0.394 e. The van der Waals surface area contributed by atoms with Crippen LogP contribution in [0.5, 0.6) is 0 Å². The first-order chi connectivity index (χ1) is 5.54. The number of ketones is 1. The SMILES string of the molecule is O=[13C]([13CH2]O)[13C@@H](O)[13C@@H](O)[13C@H](O)[13CH2]O. The zero-order valence-corrected chi connectivity index (χ0v) is 6.29. The van der Waals surface area contributed by atoms with Crippen LogP contribution in [0.15, 0.2) is 0 Å². The molecule has 0 unspecified atom stereocenters.